The van der Waals surface area contributed by atoms with Gasteiger partial charge in [0.25, 0.3) is 0 Å². The second kappa shape index (κ2) is 6.46. The van der Waals surface area contributed by atoms with Gasteiger partial charge in [-0.25, -0.2) is 0 Å². The van der Waals surface area contributed by atoms with Crippen molar-refractivity contribution in [3.63, 3.8) is 0 Å². The zero-order valence-corrected chi connectivity index (χ0v) is 15.2. The summed E-state index contributed by atoms with van der Waals surface area (Å²) in [4.78, 5) is 16.4. The number of nitrogens with one attached hydrogen (secondary N) is 1. The van der Waals surface area contributed by atoms with Crippen molar-refractivity contribution in [2.75, 3.05) is 12.4 Å². The van der Waals surface area contributed by atoms with Gasteiger partial charge in [-0.15, -0.1) is 0 Å². The number of amides is 1. The van der Waals surface area contributed by atoms with Crippen LogP contribution in [-0.4, -0.2) is 23.1 Å². The summed E-state index contributed by atoms with van der Waals surface area (Å²) >= 11 is 0. The second-order valence-corrected chi connectivity index (χ2v) is 6.99. The van der Waals surface area contributed by atoms with E-state index in [1.54, 1.807) is 30.5 Å². The maximum atomic E-state index is 12.1. The Labute approximate surface area is 156 Å². The van der Waals surface area contributed by atoms with Crippen molar-refractivity contribution in [3.8, 4) is 23.0 Å². The third-order valence-electron chi connectivity index (χ3n) is 4.89. The van der Waals surface area contributed by atoms with Crippen LogP contribution in [-0.2, 0) is 4.79 Å². The average molecular weight is 364 g/mol. The number of carbonyl (C=O) groups is 1. The maximum absolute atomic E-state index is 12.1. The predicted molar refractivity (Wildman–Crippen MR) is 102 cm³/mol. The summed E-state index contributed by atoms with van der Waals surface area (Å²) in [6, 6.07) is 12.2. The molecule has 1 saturated carbocycles. The van der Waals surface area contributed by atoms with Crippen LogP contribution in [0.15, 0.2) is 48.7 Å². The van der Waals surface area contributed by atoms with E-state index in [0.29, 0.717) is 22.8 Å². The van der Waals surface area contributed by atoms with Crippen LogP contribution in [0.3, 0.4) is 0 Å². The lowest BCUT2D eigenvalue weighted by molar-refractivity contribution is -0.120. The Kier molecular flexibility index (Phi) is 4.11. The lowest BCUT2D eigenvalue weighted by Gasteiger charge is -2.12. The fourth-order valence-electron chi connectivity index (χ4n) is 2.82. The van der Waals surface area contributed by atoms with E-state index in [9.17, 15) is 9.90 Å². The third kappa shape index (κ3) is 3.38. The highest BCUT2D eigenvalue weighted by atomic mass is 16.5. The molecule has 1 heterocycles. The number of nitrogens with zero attached hydrogens (tertiary/aromatic N) is 1. The quantitative estimate of drug-likeness (QED) is 0.698. The monoisotopic (exact) mass is 364 g/mol. The van der Waals surface area contributed by atoms with Gasteiger partial charge in [0.15, 0.2) is 11.5 Å². The molecule has 3 aromatic rings. The number of hydrogen-bond acceptors (Lipinski definition) is 5. The molecule has 2 N–H and O–H groups in total. The number of hydrogen-bond donors (Lipinski definition) is 2. The molecule has 27 heavy (non-hydrogen) atoms. The summed E-state index contributed by atoms with van der Waals surface area (Å²) < 4.78 is 11.2. The lowest BCUT2D eigenvalue weighted by Crippen LogP contribution is -2.21. The Bertz CT molecular complexity index is 1010. The van der Waals surface area contributed by atoms with E-state index in [1.807, 2.05) is 19.1 Å². The Morgan fingerprint density at radius 3 is 2.56 bits per heavy atom. The van der Waals surface area contributed by atoms with Crippen molar-refractivity contribution in [3.05, 3.63) is 48.7 Å². The maximum Gasteiger partial charge on any atom is 0.230 e. The third-order valence-corrected chi connectivity index (χ3v) is 4.89. The number of anilines is 1. The number of aromatic nitrogens is 1. The van der Waals surface area contributed by atoms with E-state index in [1.165, 1.54) is 13.2 Å². The molecule has 0 spiro atoms. The van der Waals surface area contributed by atoms with E-state index in [4.69, 9.17) is 9.47 Å². The predicted octanol–water partition coefficient (Wildman–Crippen LogP) is 4.48. The van der Waals surface area contributed by atoms with Crippen LogP contribution in [0.1, 0.15) is 19.8 Å². The molecule has 0 atom stereocenters. The van der Waals surface area contributed by atoms with Gasteiger partial charge in [-0.1, -0.05) is 6.92 Å². The second-order valence-electron chi connectivity index (χ2n) is 6.99. The molecule has 1 aliphatic carbocycles. The van der Waals surface area contributed by atoms with Crippen LogP contribution in [0.5, 0.6) is 23.0 Å². The zero-order chi connectivity index (χ0) is 19.0. The van der Waals surface area contributed by atoms with Crippen LogP contribution >= 0.6 is 0 Å². The fourth-order valence-corrected chi connectivity index (χ4v) is 2.82. The van der Waals surface area contributed by atoms with Gasteiger partial charge in [-0.05, 0) is 49.2 Å². The summed E-state index contributed by atoms with van der Waals surface area (Å²) in [5, 5.41) is 13.6. The van der Waals surface area contributed by atoms with Crippen molar-refractivity contribution in [1.82, 2.24) is 4.98 Å². The minimum atomic E-state index is -0.213. The number of phenols is 1. The first kappa shape index (κ1) is 17.1. The van der Waals surface area contributed by atoms with Gasteiger partial charge in [0, 0.05) is 28.8 Å². The van der Waals surface area contributed by atoms with E-state index in [2.05, 4.69) is 10.3 Å². The number of ether oxygens (including phenoxy) is 2. The van der Waals surface area contributed by atoms with Crippen molar-refractivity contribution in [1.29, 1.82) is 0 Å². The molecule has 1 aliphatic rings. The highest BCUT2D eigenvalue weighted by Crippen LogP contribution is 2.45. The summed E-state index contributed by atoms with van der Waals surface area (Å²) in [5.74, 6) is 1.67. The molecular weight excluding hydrogens is 344 g/mol. The van der Waals surface area contributed by atoms with Gasteiger partial charge in [0.1, 0.15) is 11.5 Å². The van der Waals surface area contributed by atoms with E-state index in [0.717, 1.165) is 23.9 Å². The first-order valence-corrected chi connectivity index (χ1v) is 8.74. The van der Waals surface area contributed by atoms with Crippen molar-refractivity contribution in [2.45, 2.75) is 19.8 Å². The standard InChI is InChI=1S/C21H20N2O4/c1-21(8-9-21)20(25)23-13-3-5-14(6-4-13)27-18-7-10-22-16-12-17(24)19(26-2)11-15(16)18/h3-7,10-12,24H,8-9H2,1-2H3,(H,23,25). The first-order chi connectivity index (χ1) is 13.0. The molecule has 6 heteroatoms. The van der Waals surface area contributed by atoms with Crippen molar-refractivity contribution >= 4 is 22.5 Å². The first-order valence-electron chi connectivity index (χ1n) is 8.74. The normalized spacial score (nSPS) is 14.6. The van der Waals surface area contributed by atoms with Crippen LogP contribution in [0.4, 0.5) is 5.69 Å². The molecule has 1 amide bonds. The van der Waals surface area contributed by atoms with E-state index >= 15 is 0 Å². The minimum absolute atomic E-state index is 0.0269. The largest absolute Gasteiger partial charge is 0.504 e. The number of methoxy groups -OCH3 is 1. The fraction of sp³-hybridized carbons (Fsp3) is 0.238. The van der Waals surface area contributed by atoms with Crippen LogP contribution in [0, 0.1) is 5.41 Å². The number of carbonyl (C=O) groups excluding carboxylic acids is 1. The molecule has 0 radical (unpaired) electrons. The number of benzene rings is 2. The summed E-state index contributed by atoms with van der Waals surface area (Å²) in [6.07, 6.45) is 3.50. The molecule has 138 valence electrons. The van der Waals surface area contributed by atoms with Gasteiger partial charge in [0.05, 0.1) is 12.6 Å². The Balaban J connectivity index is 1.56. The molecule has 2 aromatic carbocycles. The molecule has 6 nitrogen and oxygen atoms in total. The van der Waals surface area contributed by atoms with Gasteiger partial charge in [0.2, 0.25) is 5.91 Å². The summed E-state index contributed by atoms with van der Waals surface area (Å²) in [5.41, 5.74) is 1.13. The molecule has 1 aromatic heterocycles. The molecule has 0 saturated heterocycles. The van der Waals surface area contributed by atoms with E-state index < -0.39 is 0 Å². The number of rotatable bonds is 5. The van der Waals surface area contributed by atoms with Gasteiger partial charge >= 0.3 is 0 Å². The smallest absolute Gasteiger partial charge is 0.230 e. The molecule has 0 unspecified atom stereocenters. The number of aromatic hydroxyl groups is 1. The van der Waals surface area contributed by atoms with Crippen LogP contribution in [0.2, 0.25) is 0 Å². The van der Waals surface area contributed by atoms with Crippen molar-refractivity contribution in [2.24, 2.45) is 5.41 Å². The van der Waals surface area contributed by atoms with Gasteiger partial charge < -0.3 is 19.9 Å². The molecule has 0 aliphatic heterocycles. The van der Waals surface area contributed by atoms with Gasteiger partial charge in [-0.2, -0.15) is 0 Å². The molecule has 0 bridgehead atoms. The summed E-state index contributed by atoms with van der Waals surface area (Å²) in [7, 11) is 1.49. The molecular formula is C21H20N2O4. The number of pyridine rings is 1. The topological polar surface area (TPSA) is 80.7 Å². The zero-order valence-electron chi connectivity index (χ0n) is 15.2. The van der Waals surface area contributed by atoms with Crippen LogP contribution in [0.25, 0.3) is 10.9 Å². The Hall–Kier alpha value is -3.28. The number of fused-ring (bicyclic) bond motifs is 1. The molecule has 4 rings (SSSR count). The van der Waals surface area contributed by atoms with Gasteiger partial charge in [-0.3, -0.25) is 9.78 Å². The average Bonchev–Trinajstić information content (AvgIpc) is 3.42. The Morgan fingerprint density at radius 1 is 1.15 bits per heavy atom. The Morgan fingerprint density at radius 2 is 1.89 bits per heavy atom. The number of phenolic OH excluding ortho intramolecular Hbond substituents is 1. The highest BCUT2D eigenvalue weighted by molar-refractivity contribution is 5.96. The summed E-state index contributed by atoms with van der Waals surface area (Å²) in [6.45, 7) is 1.97. The minimum Gasteiger partial charge on any atom is -0.504 e. The van der Waals surface area contributed by atoms with Crippen LogP contribution < -0.4 is 14.8 Å². The SMILES string of the molecule is COc1cc2c(Oc3ccc(NC(=O)C4(C)CC4)cc3)ccnc2cc1O. The highest BCUT2D eigenvalue weighted by Gasteiger charge is 2.44. The van der Waals surface area contributed by atoms with E-state index in [-0.39, 0.29) is 17.1 Å². The van der Waals surface area contributed by atoms with Crippen molar-refractivity contribution < 1.29 is 19.4 Å². The lowest BCUT2D eigenvalue weighted by atomic mass is 10.1. The molecule has 1 fully saturated rings.